The molecule has 0 radical (unpaired) electrons. The average Bonchev–Trinajstić information content (AvgIpc) is 2.78. The Balaban J connectivity index is 1.97. The summed E-state index contributed by atoms with van der Waals surface area (Å²) in [6.07, 6.45) is 8.50. The molecule has 1 aliphatic rings. The standard InChI is InChI=1S/C12H19NO3S/c1-17(14,15)12-5-3-2-4-11(12)13-8-10-6-7-16-9-10/h6-7,9,11-13H,2-5,8H2,1H3. The van der Waals surface area contributed by atoms with E-state index in [4.69, 9.17) is 4.42 Å². The van der Waals surface area contributed by atoms with Crippen LogP contribution >= 0.6 is 0 Å². The molecule has 1 saturated carbocycles. The summed E-state index contributed by atoms with van der Waals surface area (Å²) in [6.45, 7) is 0.674. The molecule has 0 bridgehead atoms. The van der Waals surface area contributed by atoms with Crippen LogP contribution in [0.2, 0.25) is 0 Å². The summed E-state index contributed by atoms with van der Waals surface area (Å²) in [5, 5.41) is 3.11. The molecule has 96 valence electrons. The van der Waals surface area contributed by atoms with Crippen LogP contribution in [0.25, 0.3) is 0 Å². The van der Waals surface area contributed by atoms with Crippen LogP contribution in [0.3, 0.4) is 0 Å². The second-order valence-corrected chi connectivity index (χ2v) is 7.04. The zero-order chi connectivity index (χ0) is 12.3. The minimum atomic E-state index is -2.95. The third-order valence-electron chi connectivity index (χ3n) is 3.40. The summed E-state index contributed by atoms with van der Waals surface area (Å²) >= 11 is 0. The second kappa shape index (κ2) is 5.23. The van der Waals surface area contributed by atoms with E-state index in [2.05, 4.69) is 5.32 Å². The van der Waals surface area contributed by atoms with Crippen LogP contribution in [0, 0.1) is 0 Å². The maximum absolute atomic E-state index is 11.7. The number of rotatable bonds is 4. The van der Waals surface area contributed by atoms with Gasteiger partial charge in [0.1, 0.15) is 0 Å². The van der Waals surface area contributed by atoms with Gasteiger partial charge >= 0.3 is 0 Å². The molecule has 1 aromatic rings. The fourth-order valence-electron chi connectivity index (χ4n) is 2.49. The maximum Gasteiger partial charge on any atom is 0.151 e. The van der Waals surface area contributed by atoms with Gasteiger partial charge in [0, 0.05) is 24.4 Å². The van der Waals surface area contributed by atoms with Gasteiger partial charge in [-0.2, -0.15) is 0 Å². The van der Waals surface area contributed by atoms with Gasteiger partial charge in [-0.1, -0.05) is 12.8 Å². The topological polar surface area (TPSA) is 59.3 Å². The molecule has 1 aromatic heterocycles. The average molecular weight is 257 g/mol. The molecule has 1 N–H and O–H groups in total. The zero-order valence-electron chi connectivity index (χ0n) is 10.1. The van der Waals surface area contributed by atoms with Crippen LogP contribution in [0.15, 0.2) is 23.0 Å². The molecule has 5 heteroatoms. The monoisotopic (exact) mass is 257 g/mol. The normalized spacial score (nSPS) is 25.9. The minimum Gasteiger partial charge on any atom is -0.472 e. The van der Waals surface area contributed by atoms with Crippen molar-refractivity contribution in [2.75, 3.05) is 6.26 Å². The van der Waals surface area contributed by atoms with Crippen molar-refractivity contribution in [2.24, 2.45) is 0 Å². The van der Waals surface area contributed by atoms with E-state index < -0.39 is 9.84 Å². The largest absolute Gasteiger partial charge is 0.472 e. The second-order valence-electron chi connectivity index (χ2n) is 4.77. The maximum atomic E-state index is 11.7. The number of hydrogen-bond acceptors (Lipinski definition) is 4. The van der Waals surface area contributed by atoms with Gasteiger partial charge in [-0.3, -0.25) is 0 Å². The van der Waals surface area contributed by atoms with Crippen LogP contribution in [-0.4, -0.2) is 26.0 Å². The molecule has 2 rings (SSSR count). The van der Waals surface area contributed by atoms with Gasteiger partial charge in [-0.25, -0.2) is 8.42 Å². The third-order valence-corrected chi connectivity index (χ3v) is 5.07. The van der Waals surface area contributed by atoms with Gasteiger partial charge in [-0.15, -0.1) is 0 Å². The fraction of sp³-hybridized carbons (Fsp3) is 0.667. The Bertz CT molecular complexity index is 438. The van der Waals surface area contributed by atoms with E-state index in [0.29, 0.717) is 6.54 Å². The summed E-state index contributed by atoms with van der Waals surface area (Å²) in [6, 6.07) is 1.97. The van der Waals surface area contributed by atoms with Crippen LogP contribution < -0.4 is 5.32 Å². The Morgan fingerprint density at radius 1 is 1.41 bits per heavy atom. The van der Waals surface area contributed by atoms with Crippen LogP contribution in [-0.2, 0) is 16.4 Å². The smallest absolute Gasteiger partial charge is 0.151 e. The molecule has 0 spiro atoms. The third kappa shape index (κ3) is 3.33. The summed E-state index contributed by atoms with van der Waals surface area (Å²) in [7, 11) is -2.95. The molecule has 17 heavy (non-hydrogen) atoms. The van der Waals surface area contributed by atoms with Gasteiger partial charge in [0.25, 0.3) is 0 Å². The molecule has 0 amide bonds. The summed E-state index contributed by atoms with van der Waals surface area (Å²) in [5.74, 6) is 0. The Kier molecular flexibility index (Phi) is 3.89. The fourth-order valence-corrected chi connectivity index (χ4v) is 3.91. The van der Waals surface area contributed by atoms with Crippen LogP contribution in [0.5, 0.6) is 0 Å². The first-order valence-corrected chi connectivity index (χ1v) is 7.96. The molecule has 0 saturated heterocycles. The van der Waals surface area contributed by atoms with Crippen molar-refractivity contribution in [2.45, 2.75) is 43.5 Å². The van der Waals surface area contributed by atoms with Crippen molar-refractivity contribution in [1.82, 2.24) is 5.32 Å². The van der Waals surface area contributed by atoms with Crippen molar-refractivity contribution in [3.63, 3.8) is 0 Å². The number of hydrogen-bond donors (Lipinski definition) is 1. The van der Waals surface area contributed by atoms with Gasteiger partial charge in [-0.05, 0) is 18.9 Å². The van der Waals surface area contributed by atoms with Crippen molar-refractivity contribution >= 4 is 9.84 Å². The highest BCUT2D eigenvalue weighted by Crippen LogP contribution is 2.24. The lowest BCUT2D eigenvalue weighted by Gasteiger charge is -2.30. The van der Waals surface area contributed by atoms with E-state index in [1.807, 2.05) is 6.07 Å². The predicted molar refractivity (Wildman–Crippen MR) is 66.4 cm³/mol. The molecule has 1 heterocycles. The zero-order valence-corrected chi connectivity index (χ0v) is 10.9. The highest BCUT2D eigenvalue weighted by atomic mass is 32.2. The lowest BCUT2D eigenvalue weighted by atomic mass is 9.95. The van der Waals surface area contributed by atoms with E-state index in [9.17, 15) is 8.42 Å². The molecule has 1 fully saturated rings. The van der Waals surface area contributed by atoms with E-state index in [-0.39, 0.29) is 11.3 Å². The quantitative estimate of drug-likeness (QED) is 0.892. The molecular formula is C12H19NO3S. The van der Waals surface area contributed by atoms with E-state index in [1.165, 1.54) is 6.26 Å². The highest BCUT2D eigenvalue weighted by Gasteiger charge is 2.32. The van der Waals surface area contributed by atoms with Crippen molar-refractivity contribution < 1.29 is 12.8 Å². The number of sulfone groups is 1. The Labute approximate surface area is 102 Å². The SMILES string of the molecule is CS(=O)(=O)C1CCCCC1NCc1ccoc1. The molecule has 0 aromatic carbocycles. The molecular weight excluding hydrogens is 238 g/mol. The van der Waals surface area contributed by atoms with Gasteiger partial charge in [0.05, 0.1) is 17.8 Å². The van der Waals surface area contributed by atoms with Gasteiger partial charge < -0.3 is 9.73 Å². The van der Waals surface area contributed by atoms with E-state index >= 15 is 0 Å². The number of nitrogens with one attached hydrogen (secondary N) is 1. The molecule has 2 atom stereocenters. The summed E-state index contributed by atoms with van der Waals surface area (Å²) in [5.41, 5.74) is 1.06. The number of furan rings is 1. The first-order valence-electron chi connectivity index (χ1n) is 6.00. The molecule has 0 aliphatic heterocycles. The van der Waals surface area contributed by atoms with E-state index in [0.717, 1.165) is 31.2 Å². The Morgan fingerprint density at radius 2 is 2.18 bits per heavy atom. The lowest BCUT2D eigenvalue weighted by molar-refractivity contribution is 0.370. The predicted octanol–water partition coefficient (Wildman–Crippen LogP) is 1.72. The van der Waals surface area contributed by atoms with Crippen LogP contribution in [0.4, 0.5) is 0 Å². The van der Waals surface area contributed by atoms with Crippen molar-refractivity contribution in [3.05, 3.63) is 24.2 Å². The van der Waals surface area contributed by atoms with E-state index in [1.54, 1.807) is 12.5 Å². The first kappa shape index (κ1) is 12.6. The Morgan fingerprint density at radius 3 is 2.82 bits per heavy atom. The summed E-state index contributed by atoms with van der Waals surface area (Å²) < 4.78 is 28.4. The molecule has 4 nitrogen and oxygen atoms in total. The minimum absolute atomic E-state index is 0.0775. The van der Waals surface area contributed by atoms with Gasteiger partial charge in [0.15, 0.2) is 9.84 Å². The van der Waals surface area contributed by atoms with Crippen molar-refractivity contribution in [1.29, 1.82) is 0 Å². The summed E-state index contributed by atoms with van der Waals surface area (Å²) in [4.78, 5) is 0. The molecule has 2 unspecified atom stereocenters. The van der Waals surface area contributed by atoms with Gasteiger partial charge in [0.2, 0.25) is 0 Å². The lowest BCUT2D eigenvalue weighted by Crippen LogP contribution is -2.45. The molecule has 1 aliphatic carbocycles. The van der Waals surface area contributed by atoms with Crippen molar-refractivity contribution in [3.8, 4) is 0 Å². The van der Waals surface area contributed by atoms with Crippen LogP contribution in [0.1, 0.15) is 31.2 Å². The highest BCUT2D eigenvalue weighted by molar-refractivity contribution is 7.91. The first-order chi connectivity index (χ1) is 8.07. The Hall–Kier alpha value is -0.810.